The predicted molar refractivity (Wildman–Crippen MR) is 72.8 cm³/mol. The minimum absolute atomic E-state index is 0.0368. The summed E-state index contributed by atoms with van der Waals surface area (Å²) < 4.78 is 51.9. The smallest absolute Gasteiger partial charge is 0.353 e. The van der Waals surface area contributed by atoms with Gasteiger partial charge < -0.3 is 9.80 Å². The van der Waals surface area contributed by atoms with E-state index in [4.69, 9.17) is 11.6 Å². The maximum absolute atomic E-state index is 13.9. The van der Waals surface area contributed by atoms with Crippen molar-refractivity contribution < 1.29 is 17.6 Å². The van der Waals surface area contributed by atoms with Crippen LogP contribution in [0, 0.1) is 5.82 Å². The zero-order chi connectivity index (χ0) is 15.1. The first-order chi connectivity index (χ1) is 9.20. The molecule has 0 bridgehead atoms. The van der Waals surface area contributed by atoms with Gasteiger partial charge in [-0.3, -0.25) is 0 Å². The normalized spacial score (nSPS) is 16.4. The molecule has 8 heteroatoms. The zero-order valence-corrected chi connectivity index (χ0v) is 12.0. The van der Waals surface area contributed by atoms with E-state index in [0.29, 0.717) is 4.90 Å². The van der Waals surface area contributed by atoms with Crippen LogP contribution in [0.3, 0.4) is 0 Å². The van der Waals surface area contributed by atoms with Crippen molar-refractivity contribution in [1.82, 2.24) is 4.90 Å². The maximum Gasteiger partial charge on any atom is 0.430 e. The van der Waals surface area contributed by atoms with Gasteiger partial charge in [0.25, 0.3) is 0 Å². The lowest BCUT2D eigenvalue weighted by atomic mass is 10.2. The number of thiol groups is 1. The quantitative estimate of drug-likeness (QED) is 0.617. The molecule has 1 aliphatic heterocycles. The summed E-state index contributed by atoms with van der Waals surface area (Å²) in [5, 5.41) is 0.159. The first-order valence-electron chi connectivity index (χ1n) is 5.61. The van der Waals surface area contributed by atoms with Gasteiger partial charge in [-0.05, 0) is 18.2 Å². The summed E-state index contributed by atoms with van der Waals surface area (Å²) >= 11 is 9.82. The second-order valence-electron chi connectivity index (χ2n) is 4.40. The summed E-state index contributed by atoms with van der Waals surface area (Å²) in [6.07, 6.45) is -3.39. The Morgan fingerprint density at radius 3 is 2.50 bits per heavy atom. The van der Waals surface area contributed by atoms with Gasteiger partial charge in [-0.25, -0.2) is 4.39 Å². The maximum atomic E-state index is 13.9. The second kappa shape index (κ2) is 5.37. The fraction of sp³-hybridized carbons (Fsp3) is 0.333. The Kier molecular flexibility index (Phi) is 4.11. The van der Waals surface area contributed by atoms with E-state index in [1.54, 1.807) is 0 Å². The van der Waals surface area contributed by atoms with E-state index in [1.165, 1.54) is 18.0 Å². The molecule has 0 aliphatic carbocycles. The molecular weight excluding hydrogens is 316 g/mol. The number of rotatable bonds is 1. The molecule has 1 aromatic carbocycles. The lowest BCUT2D eigenvalue weighted by Gasteiger charge is -2.36. The van der Waals surface area contributed by atoms with Gasteiger partial charge in [0.05, 0.1) is 17.4 Å². The third kappa shape index (κ3) is 2.98. The summed E-state index contributed by atoms with van der Waals surface area (Å²) in [6.45, 7) is -0.109. The minimum atomic E-state index is -4.41. The molecule has 0 saturated carbocycles. The number of anilines is 1. The average molecular weight is 327 g/mol. The highest BCUT2D eigenvalue weighted by Gasteiger charge is 2.38. The number of alkyl halides is 3. The summed E-state index contributed by atoms with van der Waals surface area (Å²) in [7, 11) is 1.31. The molecule has 1 aromatic rings. The highest BCUT2D eigenvalue weighted by molar-refractivity contribution is 7.80. The second-order valence-corrected chi connectivity index (χ2v) is 5.29. The number of hydrogen-bond donors (Lipinski definition) is 1. The molecule has 2 rings (SSSR count). The Balaban J connectivity index is 2.30. The number of halogens is 5. The number of nitrogens with zero attached hydrogens (tertiary/aromatic N) is 2. The molecule has 0 aromatic heterocycles. The van der Waals surface area contributed by atoms with Gasteiger partial charge >= 0.3 is 6.18 Å². The third-order valence-corrected chi connectivity index (χ3v) is 3.76. The molecular formula is C12H11ClF4N2S. The van der Waals surface area contributed by atoms with Crippen molar-refractivity contribution >= 4 is 29.9 Å². The topological polar surface area (TPSA) is 6.48 Å². The van der Waals surface area contributed by atoms with Crippen LogP contribution in [0.25, 0.3) is 0 Å². The van der Waals surface area contributed by atoms with E-state index in [-0.39, 0.29) is 23.9 Å². The molecule has 110 valence electrons. The van der Waals surface area contributed by atoms with Crippen LogP contribution >= 0.6 is 24.2 Å². The van der Waals surface area contributed by atoms with Gasteiger partial charge in [-0.2, -0.15) is 13.2 Å². The summed E-state index contributed by atoms with van der Waals surface area (Å²) in [4.78, 5) is 2.87. The van der Waals surface area contributed by atoms with Gasteiger partial charge in [-0.15, -0.1) is 12.6 Å². The Morgan fingerprint density at radius 1 is 1.30 bits per heavy atom. The van der Waals surface area contributed by atoms with Crippen LogP contribution in [-0.4, -0.2) is 31.3 Å². The fourth-order valence-electron chi connectivity index (χ4n) is 2.02. The number of allylic oxidation sites excluding steroid dienone is 1. The Hall–Kier alpha value is -1.08. The van der Waals surface area contributed by atoms with Crippen molar-refractivity contribution in [2.75, 3.05) is 25.2 Å². The SMILES string of the molecule is CN1CN(c2cc(S)c(Cl)cc2F)CC=C1C(F)(F)F. The number of benzene rings is 1. The Bertz CT molecular complexity index is 559. The molecule has 0 unspecified atom stereocenters. The standard InChI is InChI=1S/C12H11ClF4N2S/c1-18-6-19(3-2-11(18)12(15,16)17)9-5-10(20)7(13)4-8(9)14/h2,4-5,20H,3,6H2,1H3. The predicted octanol–water partition coefficient (Wildman–Crippen LogP) is 3.92. The molecule has 0 saturated heterocycles. The van der Waals surface area contributed by atoms with Crippen LogP contribution in [-0.2, 0) is 0 Å². The van der Waals surface area contributed by atoms with Crippen LogP contribution in [0.5, 0.6) is 0 Å². The van der Waals surface area contributed by atoms with Crippen molar-refractivity contribution in [3.8, 4) is 0 Å². The van der Waals surface area contributed by atoms with Gasteiger partial charge in [-0.1, -0.05) is 11.6 Å². The monoisotopic (exact) mass is 326 g/mol. The lowest BCUT2D eigenvalue weighted by molar-refractivity contribution is -0.110. The van der Waals surface area contributed by atoms with Gasteiger partial charge in [0.15, 0.2) is 0 Å². The first-order valence-corrected chi connectivity index (χ1v) is 6.44. The van der Waals surface area contributed by atoms with Gasteiger partial charge in [0.2, 0.25) is 0 Å². The molecule has 0 amide bonds. The Morgan fingerprint density at radius 2 is 1.95 bits per heavy atom. The number of hydrogen-bond acceptors (Lipinski definition) is 3. The minimum Gasteiger partial charge on any atom is -0.353 e. The van der Waals surface area contributed by atoms with Crippen molar-refractivity contribution in [1.29, 1.82) is 0 Å². The largest absolute Gasteiger partial charge is 0.430 e. The van der Waals surface area contributed by atoms with E-state index in [0.717, 1.165) is 17.0 Å². The molecule has 0 fully saturated rings. The van der Waals surface area contributed by atoms with Gasteiger partial charge in [0, 0.05) is 18.5 Å². The molecule has 0 spiro atoms. The summed E-state index contributed by atoms with van der Waals surface area (Å²) in [6, 6.07) is 2.50. The third-order valence-electron chi connectivity index (χ3n) is 2.95. The van der Waals surface area contributed by atoms with Crippen LogP contribution in [0.4, 0.5) is 23.2 Å². The molecule has 2 nitrogen and oxygen atoms in total. The fourth-order valence-corrected chi connectivity index (χ4v) is 2.36. The van der Waals surface area contributed by atoms with Crippen molar-refractivity contribution in [3.05, 3.63) is 34.7 Å². The van der Waals surface area contributed by atoms with E-state index >= 15 is 0 Å². The summed E-state index contributed by atoms with van der Waals surface area (Å²) in [5.41, 5.74) is -0.557. The van der Waals surface area contributed by atoms with Gasteiger partial charge in [0.1, 0.15) is 11.5 Å². The Labute approximate surface area is 124 Å². The first kappa shape index (κ1) is 15.3. The molecule has 0 radical (unpaired) electrons. The highest BCUT2D eigenvalue weighted by Crippen LogP contribution is 2.33. The van der Waals surface area contributed by atoms with E-state index < -0.39 is 17.7 Å². The molecule has 20 heavy (non-hydrogen) atoms. The summed E-state index contributed by atoms with van der Waals surface area (Å²) in [5.74, 6) is -0.593. The van der Waals surface area contributed by atoms with E-state index in [1.807, 2.05) is 0 Å². The van der Waals surface area contributed by atoms with Crippen molar-refractivity contribution in [2.45, 2.75) is 11.1 Å². The highest BCUT2D eigenvalue weighted by atomic mass is 35.5. The molecule has 1 heterocycles. The van der Waals surface area contributed by atoms with Crippen LogP contribution in [0.15, 0.2) is 28.8 Å². The molecule has 0 N–H and O–H groups in total. The lowest BCUT2D eigenvalue weighted by Crippen LogP contribution is -2.43. The zero-order valence-electron chi connectivity index (χ0n) is 10.4. The van der Waals surface area contributed by atoms with Crippen LogP contribution in [0.1, 0.15) is 0 Å². The van der Waals surface area contributed by atoms with Crippen LogP contribution in [0.2, 0.25) is 5.02 Å². The van der Waals surface area contributed by atoms with Crippen molar-refractivity contribution in [2.24, 2.45) is 0 Å². The average Bonchev–Trinajstić information content (AvgIpc) is 2.32. The van der Waals surface area contributed by atoms with E-state index in [9.17, 15) is 17.6 Å². The van der Waals surface area contributed by atoms with Crippen LogP contribution < -0.4 is 4.90 Å². The van der Waals surface area contributed by atoms with Crippen molar-refractivity contribution in [3.63, 3.8) is 0 Å². The molecule has 0 atom stereocenters. The van der Waals surface area contributed by atoms with E-state index in [2.05, 4.69) is 12.6 Å². The molecule has 1 aliphatic rings.